The van der Waals surface area contributed by atoms with Gasteiger partial charge in [0, 0.05) is 13.1 Å². The van der Waals surface area contributed by atoms with Crippen LogP contribution in [0.15, 0.2) is 0 Å². The van der Waals surface area contributed by atoms with Gasteiger partial charge in [0.15, 0.2) is 0 Å². The minimum Gasteiger partial charge on any atom is -0.463 e. The minimum absolute atomic E-state index is 0.318. The second-order valence-corrected chi connectivity index (χ2v) is 5.18. The Labute approximate surface area is 119 Å². The van der Waals surface area contributed by atoms with Gasteiger partial charge in [0.05, 0.1) is 6.61 Å². The van der Waals surface area contributed by atoms with E-state index in [1.165, 1.54) is 0 Å². The number of anilines is 2. The fraction of sp³-hybridized carbons (Fsp3) is 0.750. The normalized spacial score (nSPS) is 12.0. The zero-order chi connectivity index (χ0) is 14.1. The van der Waals surface area contributed by atoms with Gasteiger partial charge in [-0.2, -0.15) is 26.7 Å². The first-order valence-corrected chi connectivity index (χ1v) is 7.91. The van der Waals surface area contributed by atoms with Gasteiger partial charge in [-0.3, -0.25) is 0 Å². The van der Waals surface area contributed by atoms with Gasteiger partial charge in [0.2, 0.25) is 11.9 Å². The summed E-state index contributed by atoms with van der Waals surface area (Å²) in [5, 5.41) is 6.19. The first-order valence-electron chi connectivity index (χ1n) is 6.51. The summed E-state index contributed by atoms with van der Waals surface area (Å²) >= 11 is 1.83. The van der Waals surface area contributed by atoms with Gasteiger partial charge in [-0.1, -0.05) is 6.92 Å². The summed E-state index contributed by atoms with van der Waals surface area (Å²) in [7, 11) is 1.78. The molecule has 0 amide bonds. The van der Waals surface area contributed by atoms with Gasteiger partial charge < -0.3 is 15.4 Å². The Bertz CT molecular complexity index is 377. The van der Waals surface area contributed by atoms with E-state index in [0.717, 1.165) is 18.6 Å². The van der Waals surface area contributed by atoms with Crippen molar-refractivity contribution in [2.24, 2.45) is 0 Å². The molecule has 6 nitrogen and oxygen atoms in total. The summed E-state index contributed by atoms with van der Waals surface area (Å²) < 4.78 is 5.45. The van der Waals surface area contributed by atoms with Crippen molar-refractivity contribution in [3.8, 4) is 6.01 Å². The van der Waals surface area contributed by atoms with Crippen molar-refractivity contribution in [1.82, 2.24) is 15.0 Å². The molecule has 0 aliphatic heterocycles. The van der Waals surface area contributed by atoms with E-state index >= 15 is 0 Å². The largest absolute Gasteiger partial charge is 0.463 e. The van der Waals surface area contributed by atoms with Crippen molar-refractivity contribution in [2.45, 2.75) is 32.7 Å². The fourth-order valence-corrected chi connectivity index (χ4v) is 1.97. The molecular weight excluding hydrogens is 262 g/mol. The Morgan fingerprint density at radius 1 is 1.26 bits per heavy atom. The summed E-state index contributed by atoms with van der Waals surface area (Å²) in [6, 6.07) is 0.680. The van der Waals surface area contributed by atoms with Gasteiger partial charge in [-0.25, -0.2) is 0 Å². The summed E-state index contributed by atoms with van der Waals surface area (Å²) in [6.45, 7) is 4.77. The molecule has 2 N–H and O–H groups in total. The number of thioether (sulfide) groups is 1. The molecule has 1 heterocycles. The molecule has 1 atom stereocenters. The highest BCUT2D eigenvalue weighted by molar-refractivity contribution is 7.98. The molecule has 1 aromatic heterocycles. The molecule has 1 rings (SSSR count). The lowest BCUT2D eigenvalue weighted by Crippen LogP contribution is -2.19. The van der Waals surface area contributed by atoms with E-state index < -0.39 is 0 Å². The van der Waals surface area contributed by atoms with Crippen LogP contribution >= 0.6 is 11.8 Å². The molecular formula is C12H23N5OS. The molecule has 7 heteroatoms. The van der Waals surface area contributed by atoms with Gasteiger partial charge in [-0.05, 0) is 31.8 Å². The Kier molecular flexibility index (Phi) is 7.32. The van der Waals surface area contributed by atoms with E-state index in [1.54, 1.807) is 7.05 Å². The van der Waals surface area contributed by atoms with E-state index in [9.17, 15) is 0 Å². The molecule has 1 unspecified atom stereocenters. The third-order valence-electron chi connectivity index (χ3n) is 2.40. The SMILES string of the molecule is CCCOc1nc(NC)nc(NC(C)CCSC)n1. The first-order chi connectivity index (χ1) is 9.19. The third-order valence-corrected chi connectivity index (χ3v) is 3.05. The van der Waals surface area contributed by atoms with Crippen molar-refractivity contribution in [3.63, 3.8) is 0 Å². The topological polar surface area (TPSA) is 72.0 Å². The maximum Gasteiger partial charge on any atom is 0.323 e. The van der Waals surface area contributed by atoms with Crippen molar-refractivity contribution in [3.05, 3.63) is 0 Å². The third kappa shape index (κ3) is 5.96. The number of hydrogen-bond acceptors (Lipinski definition) is 7. The van der Waals surface area contributed by atoms with Crippen molar-refractivity contribution in [2.75, 3.05) is 36.3 Å². The highest BCUT2D eigenvalue weighted by atomic mass is 32.2. The van der Waals surface area contributed by atoms with E-state index in [1.807, 2.05) is 18.7 Å². The van der Waals surface area contributed by atoms with Gasteiger partial charge in [0.1, 0.15) is 0 Å². The van der Waals surface area contributed by atoms with Crippen LogP contribution in [0.1, 0.15) is 26.7 Å². The average Bonchev–Trinajstić information content (AvgIpc) is 2.42. The molecule has 0 radical (unpaired) electrons. The standard InChI is InChI=1S/C12H23N5OS/c1-5-7-18-12-16-10(13-3)15-11(17-12)14-9(2)6-8-19-4/h9H,5-8H2,1-4H3,(H2,13,14,15,16,17). The number of nitrogens with zero attached hydrogens (tertiary/aromatic N) is 3. The van der Waals surface area contributed by atoms with Crippen LogP contribution in [0.3, 0.4) is 0 Å². The summed E-state index contributed by atoms with van der Waals surface area (Å²) in [5.74, 6) is 2.18. The van der Waals surface area contributed by atoms with Crippen LogP contribution in [0.4, 0.5) is 11.9 Å². The predicted octanol–water partition coefficient (Wildman–Crippen LogP) is 2.26. The molecule has 0 bridgehead atoms. The van der Waals surface area contributed by atoms with Gasteiger partial charge in [0.25, 0.3) is 0 Å². The summed E-state index contributed by atoms with van der Waals surface area (Å²) in [6.07, 6.45) is 4.09. The molecule has 1 aromatic rings. The second-order valence-electron chi connectivity index (χ2n) is 4.19. The van der Waals surface area contributed by atoms with Crippen LogP contribution in [0, 0.1) is 0 Å². The first kappa shape index (κ1) is 15.8. The highest BCUT2D eigenvalue weighted by Gasteiger charge is 2.09. The number of aromatic nitrogens is 3. The van der Waals surface area contributed by atoms with Crippen molar-refractivity contribution >= 4 is 23.7 Å². The van der Waals surface area contributed by atoms with Crippen LogP contribution in [-0.4, -0.2) is 46.7 Å². The van der Waals surface area contributed by atoms with Crippen molar-refractivity contribution < 1.29 is 4.74 Å². The molecule has 0 aromatic carbocycles. The smallest absolute Gasteiger partial charge is 0.323 e. The lowest BCUT2D eigenvalue weighted by molar-refractivity contribution is 0.292. The monoisotopic (exact) mass is 285 g/mol. The number of rotatable bonds is 9. The van der Waals surface area contributed by atoms with Gasteiger partial charge >= 0.3 is 6.01 Å². The minimum atomic E-state index is 0.318. The van der Waals surface area contributed by atoms with Crippen molar-refractivity contribution in [1.29, 1.82) is 0 Å². The maximum absolute atomic E-state index is 5.45. The number of ether oxygens (including phenoxy) is 1. The zero-order valence-electron chi connectivity index (χ0n) is 12.1. The van der Waals surface area contributed by atoms with Crippen LogP contribution in [0.2, 0.25) is 0 Å². The van der Waals surface area contributed by atoms with E-state index in [0.29, 0.717) is 30.6 Å². The van der Waals surface area contributed by atoms with E-state index in [4.69, 9.17) is 4.74 Å². The molecule has 0 aliphatic rings. The van der Waals surface area contributed by atoms with Gasteiger partial charge in [-0.15, -0.1) is 0 Å². The highest BCUT2D eigenvalue weighted by Crippen LogP contribution is 2.13. The zero-order valence-corrected chi connectivity index (χ0v) is 12.9. The fourth-order valence-electron chi connectivity index (χ4n) is 1.38. The molecule has 0 saturated carbocycles. The quantitative estimate of drug-likeness (QED) is 0.721. The lowest BCUT2D eigenvalue weighted by atomic mass is 10.3. The molecule has 0 spiro atoms. The Morgan fingerprint density at radius 3 is 2.63 bits per heavy atom. The Hall–Kier alpha value is -1.24. The van der Waals surface area contributed by atoms with E-state index in [2.05, 4.69) is 38.8 Å². The maximum atomic E-state index is 5.45. The second kappa shape index (κ2) is 8.79. The van der Waals surface area contributed by atoms with Crippen LogP contribution in [-0.2, 0) is 0 Å². The predicted molar refractivity (Wildman–Crippen MR) is 81.2 cm³/mol. The molecule has 0 aliphatic carbocycles. The average molecular weight is 285 g/mol. The van der Waals surface area contributed by atoms with Crippen LogP contribution in [0.5, 0.6) is 6.01 Å². The Balaban J connectivity index is 2.69. The summed E-state index contributed by atoms with van der Waals surface area (Å²) in [5.41, 5.74) is 0. The number of nitrogens with one attached hydrogen (secondary N) is 2. The van der Waals surface area contributed by atoms with E-state index in [-0.39, 0.29) is 0 Å². The molecule has 0 fully saturated rings. The van der Waals surface area contributed by atoms with Crippen LogP contribution < -0.4 is 15.4 Å². The molecule has 108 valence electrons. The molecule has 0 saturated heterocycles. The lowest BCUT2D eigenvalue weighted by Gasteiger charge is -2.14. The molecule has 19 heavy (non-hydrogen) atoms. The summed E-state index contributed by atoms with van der Waals surface area (Å²) in [4.78, 5) is 12.7. The van der Waals surface area contributed by atoms with Crippen LogP contribution in [0.25, 0.3) is 0 Å². The number of hydrogen-bond donors (Lipinski definition) is 2. The Morgan fingerprint density at radius 2 is 2.00 bits per heavy atom.